The maximum Gasteiger partial charge on any atom is 0.273 e. The van der Waals surface area contributed by atoms with Crippen LogP contribution in [0.15, 0.2) is 60.7 Å². The van der Waals surface area contributed by atoms with Crippen molar-refractivity contribution in [3.8, 4) is 5.75 Å². The van der Waals surface area contributed by atoms with Gasteiger partial charge in [-0.25, -0.2) is 5.01 Å². The van der Waals surface area contributed by atoms with Crippen LogP contribution in [0.25, 0.3) is 0 Å². The average Bonchev–Trinajstić information content (AvgIpc) is 3.51. The molecule has 2 aliphatic carbocycles. The number of imide groups is 1. The molecule has 4 atom stereocenters. The summed E-state index contributed by atoms with van der Waals surface area (Å²) in [6.07, 6.45) is 4.74. The van der Waals surface area contributed by atoms with Crippen LogP contribution in [0.4, 0.5) is 0 Å². The Bertz CT molecular complexity index is 1140. The Balaban J connectivity index is 1.48. The summed E-state index contributed by atoms with van der Waals surface area (Å²) in [5.74, 6) is -2.26. The van der Waals surface area contributed by atoms with Crippen LogP contribution in [-0.4, -0.2) is 47.2 Å². The molecule has 3 amide bonds. The first-order valence-electron chi connectivity index (χ1n) is 10.7. The van der Waals surface area contributed by atoms with Crippen molar-refractivity contribution in [2.24, 2.45) is 23.7 Å². The lowest BCUT2D eigenvalue weighted by molar-refractivity contribution is -0.154. The Kier molecular flexibility index (Phi) is 5.29. The Hall–Kier alpha value is -3.45. The first-order valence-corrected chi connectivity index (χ1v) is 11.1. The number of fused-ring (bicyclic) bond motifs is 5. The number of halogens is 1. The highest BCUT2D eigenvalue weighted by Gasteiger charge is 2.61. The molecule has 8 heteroatoms. The molecule has 2 aromatic carbocycles. The van der Waals surface area contributed by atoms with Gasteiger partial charge in [0.1, 0.15) is 12.3 Å². The summed E-state index contributed by atoms with van der Waals surface area (Å²) in [6.45, 7) is -0.451. The summed E-state index contributed by atoms with van der Waals surface area (Å²) < 4.78 is 5.12. The molecule has 7 nitrogen and oxygen atoms in total. The van der Waals surface area contributed by atoms with Gasteiger partial charge in [0, 0.05) is 16.1 Å². The standard InChI is InChI=1S/C25H21ClN2O5/c1-33-19-10-6-14(7-11-19)20(29)13-27(23(30)15-4-8-18(26)9-5-15)28-24(31)21-16-2-3-17(12-16)22(21)25(28)32/h2-11,16-17,21-22H,12-13H2,1H3/t16-,17-,21+,22+/m0/s1. The normalized spacial score (nSPS) is 24.8. The Labute approximate surface area is 195 Å². The van der Waals surface area contributed by atoms with Crippen molar-refractivity contribution < 1.29 is 23.9 Å². The molecule has 1 aliphatic heterocycles. The van der Waals surface area contributed by atoms with E-state index in [-0.39, 0.29) is 17.4 Å². The van der Waals surface area contributed by atoms with Crippen molar-refractivity contribution in [1.82, 2.24) is 10.0 Å². The van der Waals surface area contributed by atoms with Crippen LogP contribution in [0.3, 0.4) is 0 Å². The van der Waals surface area contributed by atoms with Gasteiger partial charge in [0.05, 0.1) is 18.9 Å². The van der Waals surface area contributed by atoms with Crippen molar-refractivity contribution >= 4 is 35.1 Å². The Morgan fingerprint density at radius 3 is 2.03 bits per heavy atom. The highest BCUT2D eigenvalue weighted by Crippen LogP contribution is 2.52. The third-order valence-electron chi connectivity index (χ3n) is 6.72. The number of hydrogen-bond acceptors (Lipinski definition) is 5. The number of Topliss-reactive ketones (excluding diaryl/α,β-unsaturated/α-hetero) is 1. The lowest BCUT2D eigenvalue weighted by atomic mass is 9.85. The minimum Gasteiger partial charge on any atom is -0.497 e. The van der Waals surface area contributed by atoms with Crippen molar-refractivity contribution in [3.05, 3.63) is 76.8 Å². The molecule has 0 N–H and O–H groups in total. The molecule has 3 aliphatic rings. The number of ketones is 1. The van der Waals surface area contributed by atoms with Crippen molar-refractivity contribution in [2.45, 2.75) is 6.42 Å². The number of amides is 3. The van der Waals surface area contributed by atoms with Gasteiger partial charge in [0.25, 0.3) is 17.7 Å². The third kappa shape index (κ3) is 3.53. The van der Waals surface area contributed by atoms with Crippen LogP contribution < -0.4 is 4.74 Å². The first-order chi connectivity index (χ1) is 15.9. The van der Waals surface area contributed by atoms with Gasteiger partial charge in [0.15, 0.2) is 5.78 Å². The molecule has 1 saturated heterocycles. The van der Waals surface area contributed by atoms with E-state index in [1.165, 1.54) is 19.2 Å². The fourth-order valence-electron chi connectivity index (χ4n) is 5.10. The van der Waals surface area contributed by atoms with Crippen LogP contribution in [0.1, 0.15) is 27.1 Å². The quantitative estimate of drug-likeness (QED) is 0.371. The summed E-state index contributed by atoms with van der Waals surface area (Å²) in [4.78, 5) is 53.2. The molecule has 5 rings (SSSR count). The molecule has 0 radical (unpaired) electrons. The summed E-state index contributed by atoms with van der Waals surface area (Å²) >= 11 is 5.95. The fourth-order valence-corrected chi connectivity index (χ4v) is 5.23. The van der Waals surface area contributed by atoms with E-state index in [9.17, 15) is 19.2 Å². The van der Waals surface area contributed by atoms with E-state index in [0.717, 1.165) is 16.4 Å². The molecule has 2 bridgehead atoms. The van der Waals surface area contributed by atoms with Crippen LogP contribution in [0, 0.1) is 23.7 Å². The van der Waals surface area contributed by atoms with Crippen molar-refractivity contribution in [2.75, 3.05) is 13.7 Å². The molecule has 0 unspecified atom stereocenters. The number of carbonyl (C=O) groups is 4. The average molecular weight is 465 g/mol. The predicted octanol–water partition coefficient (Wildman–Crippen LogP) is 3.40. The van der Waals surface area contributed by atoms with Gasteiger partial charge in [-0.15, -0.1) is 0 Å². The summed E-state index contributed by atoms with van der Waals surface area (Å²) in [7, 11) is 1.52. The number of methoxy groups -OCH3 is 1. The molecule has 2 fully saturated rings. The van der Waals surface area contributed by atoms with Gasteiger partial charge in [-0.1, -0.05) is 23.8 Å². The van der Waals surface area contributed by atoms with Crippen molar-refractivity contribution in [1.29, 1.82) is 0 Å². The van der Waals surface area contributed by atoms with Crippen LogP contribution >= 0.6 is 11.6 Å². The van der Waals surface area contributed by atoms with Crippen LogP contribution in [-0.2, 0) is 9.59 Å². The zero-order chi connectivity index (χ0) is 23.3. The number of rotatable bonds is 6. The molecule has 33 heavy (non-hydrogen) atoms. The SMILES string of the molecule is COc1ccc(C(=O)CN(C(=O)c2ccc(Cl)cc2)N2C(=O)[C@H]3[C@H](C2=O)[C@H]2C=C[C@H]3C2)cc1. The van der Waals surface area contributed by atoms with Gasteiger partial charge in [-0.05, 0) is 66.8 Å². The monoisotopic (exact) mass is 464 g/mol. The van der Waals surface area contributed by atoms with E-state index < -0.39 is 41.9 Å². The minimum atomic E-state index is -0.615. The second kappa shape index (κ2) is 8.15. The van der Waals surface area contributed by atoms with E-state index in [2.05, 4.69) is 0 Å². The molecule has 1 saturated carbocycles. The van der Waals surface area contributed by atoms with E-state index >= 15 is 0 Å². The molecule has 0 spiro atoms. The van der Waals surface area contributed by atoms with Crippen LogP contribution in [0.2, 0.25) is 5.02 Å². The van der Waals surface area contributed by atoms with Gasteiger partial charge < -0.3 is 4.74 Å². The number of hydrazine groups is 1. The van der Waals surface area contributed by atoms with E-state index in [1.807, 2.05) is 12.2 Å². The highest BCUT2D eigenvalue weighted by atomic mass is 35.5. The van der Waals surface area contributed by atoms with E-state index in [4.69, 9.17) is 16.3 Å². The zero-order valence-electron chi connectivity index (χ0n) is 17.8. The zero-order valence-corrected chi connectivity index (χ0v) is 18.6. The number of nitrogens with zero attached hydrogens (tertiary/aromatic N) is 2. The number of allylic oxidation sites excluding steroid dienone is 2. The van der Waals surface area contributed by atoms with Gasteiger partial charge >= 0.3 is 0 Å². The van der Waals surface area contributed by atoms with E-state index in [1.54, 1.807) is 36.4 Å². The lowest BCUT2D eigenvalue weighted by Crippen LogP contribution is -2.52. The predicted molar refractivity (Wildman–Crippen MR) is 119 cm³/mol. The molecular weight excluding hydrogens is 444 g/mol. The number of ether oxygens (including phenoxy) is 1. The van der Waals surface area contributed by atoms with Crippen molar-refractivity contribution in [3.63, 3.8) is 0 Å². The topological polar surface area (TPSA) is 84.0 Å². The summed E-state index contributed by atoms with van der Waals surface area (Å²) in [5.41, 5.74) is 0.561. The third-order valence-corrected chi connectivity index (χ3v) is 6.97. The molecule has 1 heterocycles. The smallest absolute Gasteiger partial charge is 0.273 e. The van der Waals surface area contributed by atoms with Crippen LogP contribution in [0.5, 0.6) is 5.75 Å². The summed E-state index contributed by atoms with van der Waals surface area (Å²) in [6, 6.07) is 12.5. The number of hydrogen-bond donors (Lipinski definition) is 0. The fraction of sp³-hybridized carbons (Fsp3) is 0.280. The summed E-state index contributed by atoms with van der Waals surface area (Å²) in [5, 5.41) is 2.33. The second-order valence-electron chi connectivity index (χ2n) is 8.51. The molecule has 2 aromatic rings. The number of benzene rings is 2. The van der Waals surface area contributed by atoms with Gasteiger partial charge in [0.2, 0.25) is 0 Å². The van der Waals surface area contributed by atoms with E-state index in [0.29, 0.717) is 16.3 Å². The Morgan fingerprint density at radius 1 is 0.939 bits per heavy atom. The largest absolute Gasteiger partial charge is 0.497 e. The molecule has 168 valence electrons. The lowest BCUT2D eigenvalue weighted by Gasteiger charge is -2.30. The highest BCUT2D eigenvalue weighted by molar-refractivity contribution is 6.30. The second-order valence-corrected chi connectivity index (χ2v) is 8.95. The number of carbonyl (C=O) groups excluding carboxylic acids is 4. The maximum atomic E-state index is 13.4. The molecule has 0 aromatic heterocycles. The first kappa shape index (κ1) is 21.4. The van der Waals surface area contributed by atoms with Gasteiger partial charge in [-0.2, -0.15) is 5.01 Å². The van der Waals surface area contributed by atoms with Gasteiger partial charge in [-0.3, -0.25) is 19.2 Å². The Morgan fingerprint density at radius 2 is 1.48 bits per heavy atom. The molecular formula is C25H21ClN2O5. The minimum absolute atomic E-state index is 0.00813. The maximum absolute atomic E-state index is 13.4.